The maximum Gasteiger partial charge on any atom is 0.0490 e. The lowest BCUT2D eigenvalue weighted by atomic mass is 9.87. The maximum absolute atomic E-state index is 5.83. The van der Waals surface area contributed by atoms with E-state index in [0.717, 1.165) is 11.4 Å². The zero-order chi connectivity index (χ0) is 17.1. The van der Waals surface area contributed by atoms with Crippen LogP contribution in [-0.4, -0.2) is 26.2 Å². The van der Waals surface area contributed by atoms with Gasteiger partial charge in [0.05, 0.1) is 0 Å². The molecular weight excluding hydrogens is 296 g/mol. The summed E-state index contributed by atoms with van der Waals surface area (Å²) in [5, 5.41) is 0. The Morgan fingerprint density at radius 3 is 1.33 bits per heavy atom. The Balaban J connectivity index is 1.82. The monoisotopic (exact) mass is 324 g/mol. The summed E-state index contributed by atoms with van der Waals surface area (Å²) in [6.45, 7) is 0. The summed E-state index contributed by atoms with van der Waals surface area (Å²) in [5.74, 6) is 0. The molecule has 1 aliphatic carbocycles. The number of rotatable bonds is 4. The predicted molar refractivity (Wildman–Crippen MR) is 105 cm³/mol. The summed E-state index contributed by atoms with van der Waals surface area (Å²) in [6, 6.07) is 17.4. The molecule has 24 heavy (non-hydrogen) atoms. The van der Waals surface area contributed by atoms with Crippen LogP contribution in [0.15, 0.2) is 48.5 Å². The first-order chi connectivity index (χ1) is 11.6. The van der Waals surface area contributed by atoms with Crippen molar-refractivity contribution in [1.29, 1.82) is 0 Å². The van der Waals surface area contributed by atoms with Crippen LogP contribution in [0.25, 0.3) is 0 Å². The van der Waals surface area contributed by atoms with Crippen LogP contribution in [0.3, 0.4) is 0 Å². The minimum Gasteiger partial charge on any atom is -0.399 e. The summed E-state index contributed by atoms with van der Waals surface area (Å²) in [4.78, 5) is 4.83. The van der Waals surface area contributed by atoms with E-state index in [9.17, 15) is 0 Å². The third-order valence-electron chi connectivity index (χ3n) is 5.29. The summed E-state index contributed by atoms with van der Waals surface area (Å²) < 4.78 is 0. The van der Waals surface area contributed by atoms with E-state index in [1.807, 2.05) is 24.3 Å². The van der Waals surface area contributed by atoms with Crippen molar-refractivity contribution in [2.75, 3.05) is 35.4 Å². The molecule has 0 saturated heterocycles. The van der Waals surface area contributed by atoms with E-state index >= 15 is 0 Å². The topological polar surface area (TPSA) is 58.5 Å². The molecule has 1 aliphatic rings. The third-order valence-corrected chi connectivity index (χ3v) is 5.29. The third kappa shape index (κ3) is 3.42. The number of benzene rings is 2. The molecular formula is C20H28N4. The minimum atomic E-state index is 0.491. The maximum atomic E-state index is 5.83. The van der Waals surface area contributed by atoms with Gasteiger partial charge in [0, 0.05) is 48.9 Å². The van der Waals surface area contributed by atoms with Crippen LogP contribution in [0, 0.1) is 0 Å². The van der Waals surface area contributed by atoms with Crippen molar-refractivity contribution in [3.8, 4) is 0 Å². The minimum absolute atomic E-state index is 0.491. The van der Waals surface area contributed by atoms with Crippen molar-refractivity contribution in [1.82, 2.24) is 0 Å². The molecule has 4 nitrogen and oxygen atoms in total. The smallest absolute Gasteiger partial charge is 0.0490 e. The summed E-state index contributed by atoms with van der Waals surface area (Å²) in [5.41, 5.74) is 15.7. The van der Waals surface area contributed by atoms with Gasteiger partial charge in [0.2, 0.25) is 0 Å². The average Bonchev–Trinajstić information content (AvgIpc) is 2.62. The van der Waals surface area contributed by atoms with E-state index in [0.29, 0.717) is 12.1 Å². The molecule has 0 amide bonds. The van der Waals surface area contributed by atoms with E-state index in [4.69, 9.17) is 11.5 Å². The van der Waals surface area contributed by atoms with Gasteiger partial charge in [-0.2, -0.15) is 0 Å². The first-order valence-electron chi connectivity index (χ1n) is 8.73. The SMILES string of the molecule is CN(c1ccc(N)cc1)C1CCCCC1N(C)c1ccc(N)cc1. The van der Waals surface area contributed by atoms with Gasteiger partial charge in [-0.15, -0.1) is 0 Å². The molecule has 0 radical (unpaired) electrons. The number of nitrogens with two attached hydrogens (primary N) is 2. The standard InChI is InChI=1S/C20H28N4/c1-23(17-11-7-15(21)8-12-17)19-5-3-4-6-20(19)24(2)18-13-9-16(22)10-14-18/h7-14,19-20H,3-6,21-22H2,1-2H3. The molecule has 1 saturated carbocycles. The molecule has 128 valence electrons. The molecule has 0 spiro atoms. The van der Waals surface area contributed by atoms with Gasteiger partial charge in [0.25, 0.3) is 0 Å². The van der Waals surface area contributed by atoms with E-state index < -0.39 is 0 Å². The molecule has 2 aromatic rings. The highest BCUT2D eigenvalue weighted by Gasteiger charge is 2.31. The quantitative estimate of drug-likeness (QED) is 0.841. The van der Waals surface area contributed by atoms with Gasteiger partial charge in [-0.05, 0) is 61.4 Å². The Bertz CT molecular complexity index is 591. The fourth-order valence-electron chi connectivity index (χ4n) is 3.80. The molecule has 2 aromatic carbocycles. The Morgan fingerprint density at radius 2 is 1.00 bits per heavy atom. The number of nitrogens with zero attached hydrogens (tertiary/aromatic N) is 2. The van der Waals surface area contributed by atoms with E-state index in [-0.39, 0.29) is 0 Å². The number of nitrogen functional groups attached to an aromatic ring is 2. The predicted octanol–water partition coefficient (Wildman–Crippen LogP) is 3.73. The molecule has 0 aliphatic heterocycles. The van der Waals surface area contributed by atoms with Crippen molar-refractivity contribution < 1.29 is 0 Å². The second-order valence-electron chi connectivity index (χ2n) is 6.82. The van der Waals surface area contributed by atoms with E-state index in [2.05, 4.69) is 48.2 Å². The zero-order valence-electron chi connectivity index (χ0n) is 14.7. The first kappa shape index (κ1) is 16.5. The van der Waals surface area contributed by atoms with Gasteiger partial charge in [-0.1, -0.05) is 12.8 Å². The van der Waals surface area contributed by atoms with Crippen LogP contribution < -0.4 is 21.3 Å². The van der Waals surface area contributed by atoms with E-state index in [1.165, 1.54) is 37.1 Å². The van der Waals surface area contributed by atoms with E-state index in [1.54, 1.807) is 0 Å². The fraction of sp³-hybridized carbons (Fsp3) is 0.400. The second kappa shape index (κ2) is 7.04. The van der Waals surface area contributed by atoms with Gasteiger partial charge >= 0.3 is 0 Å². The number of likely N-dealkylation sites (N-methyl/N-ethyl adjacent to an activating group) is 2. The Morgan fingerprint density at radius 1 is 0.667 bits per heavy atom. The average molecular weight is 324 g/mol. The van der Waals surface area contributed by atoms with Crippen molar-refractivity contribution in [2.24, 2.45) is 0 Å². The van der Waals surface area contributed by atoms with Gasteiger partial charge in [-0.3, -0.25) is 0 Å². The molecule has 1 fully saturated rings. The highest BCUT2D eigenvalue weighted by Crippen LogP contribution is 2.32. The van der Waals surface area contributed by atoms with Gasteiger partial charge in [-0.25, -0.2) is 0 Å². The number of hydrogen-bond acceptors (Lipinski definition) is 4. The van der Waals surface area contributed by atoms with Crippen molar-refractivity contribution in [3.63, 3.8) is 0 Å². The molecule has 2 unspecified atom stereocenters. The normalized spacial score (nSPS) is 20.6. The lowest BCUT2D eigenvalue weighted by Crippen LogP contribution is -2.51. The van der Waals surface area contributed by atoms with Crippen LogP contribution in [0.1, 0.15) is 25.7 Å². The van der Waals surface area contributed by atoms with Crippen LogP contribution >= 0.6 is 0 Å². The van der Waals surface area contributed by atoms with Crippen molar-refractivity contribution in [2.45, 2.75) is 37.8 Å². The molecule has 0 heterocycles. The first-order valence-corrected chi connectivity index (χ1v) is 8.73. The summed E-state index contributed by atoms with van der Waals surface area (Å²) in [7, 11) is 4.40. The molecule has 4 N–H and O–H groups in total. The molecule has 0 bridgehead atoms. The van der Waals surface area contributed by atoms with Crippen LogP contribution in [0.2, 0.25) is 0 Å². The lowest BCUT2D eigenvalue weighted by molar-refractivity contribution is 0.363. The van der Waals surface area contributed by atoms with Gasteiger partial charge < -0.3 is 21.3 Å². The highest BCUT2D eigenvalue weighted by molar-refractivity contribution is 5.56. The largest absolute Gasteiger partial charge is 0.399 e. The Labute approximate surface area is 145 Å². The number of hydrogen-bond donors (Lipinski definition) is 2. The second-order valence-corrected chi connectivity index (χ2v) is 6.82. The van der Waals surface area contributed by atoms with Crippen molar-refractivity contribution >= 4 is 22.7 Å². The summed E-state index contributed by atoms with van der Waals surface area (Å²) in [6.07, 6.45) is 5.00. The van der Waals surface area contributed by atoms with Crippen LogP contribution in [-0.2, 0) is 0 Å². The summed E-state index contributed by atoms with van der Waals surface area (Å²) >= 11 is 0. The van der Waals surface area contributed by atoms with Gasteiger partial charge in [0.15, 0.2) is 0 Å². The molecule has 2 atom stereocenters. The zero-order valence-corrected chi connectivity index (χ0v) is 14.7. The molecule has 4 heteroatoms. The van der Waals surface area contributed by atoms with Crippen LogP contribution in [0.5, 0.6) is 0 Å². The van der Waals surface area contributed by atoms with Crippen molar-refractivity contribution in [3.05, 3.63) is 48.5 Å². The number of anilines is 4. The molecule has 0 aromatic heterocycles. The van der Waals surface area contributed by atoms with Gasteiger partial charge in [0.1, 0.15) is 0 Å². The Kier molecular flexibility index (Phi) is 4.84. The fourth-order valence-corrected chi connectivity index (χ4v) is 3.80. The van der Waals surface area contributed by atoms with Crippen LogP contribution in [0.4, 0.5) is 22.7 Å². The highest BCUT2D eigenvalue weighted by atomic mass is 15.2. The molecule has 3 rings (SSSR count). The lowest BCUT2D eigenvalue weighted by Gasteiger charge is -2.44. The Hall–Kier alpha value is -2.36.